The van der Waals surface area contributed by atoms with E-state index in [1.54, 1.807) is 12.1 Å². The predicted octanol–water partition coefficient (Wildman–Crippen LogP) is 3.33. The molecular formula is C18H16FN3O2S. The lowest BCUT2D eigenvalue weighted by Crippen LogP contribution is -2.27. The second-order valence-electron chi connectivity index (χ2n) is 5.25. The molecule has 3 rings (SSSR count). The quantitative estimate of drug-likeness (QED) is 0.657. The molecule has 0 unspecified atom stereocenters. The van der Waals surface area contributed by atoms with Crippen LogP contribution in [0.15, 0.2) is 64.2 Å². The highest BCUT2D eigenvalue weighted by molar-refractivity contribution is 7.99. The van der Waals surface area contributed by atoms with Crippen molar-refractivity contribution in [2.75, 3.05) is 12.3 Å². The number of halogens is 1. The molecule has 0 fully saturated rings. The lowest BCUT2D eigenvalue weighted by Gasteiger charge is -2.04. The summed E-state index contributed by atoms with van der Waals surface area (Å²) in [5.41, 5.74) is 1.81. The van der Waals surface area contributed by atoms with E-state index in [0.717, 1.165) is 11.1 Å². The van der Waals surface area contributed by atoms with Crippen molar-refractivity contribution in [1.29, 1.82) is 0 Å². The van der Waals surface area contributed by atoms with Gasteiger partial charge in [0.15, 0.2) is 0 Å². The monoisotopic (exact) mass is 357 g/mol. The zero-order valence-corrected chi connectivity index (χ0v) is 14.1. The van der Waals surface area contributed by atoms with Crippen LogP contribution >= 0.6 is 11.8 Å². The number of carbonyl (C=O) groups excluding carboxylic acids is 1. The number of hydrogen-bond donors (Lipinski definition) is 1. The summed E-state index contributed by atoms with van der Waals surface area (Å²) in [5.74, 6) is 0.241. The van der Waals surface area contributed by atoms with Crippen molar-refractivity contribution in [1.82, 2.24) is 15.5 Å². The van der Waals surface area contributed by atoms with Gasteiger partial charge >= 0.3 is 0 Å². The SMILES string of the molecule is O=C(CSc1nnc(-c2ccccc2)o1)NCCc1ccc(F)cc1. The van der Waals surface area contributed by atoms with E-state index >= 15 is 0 Å². The van der Waals surface area contributed by atoms with E-state index in [-0.39, 0.29) is 17.5 Å². The second kappa shape index (κ2) is 8.43. The first-order valence-electron chi connectivity index (χ1n) is 7.73. The number of amides is 1. The average Bonchev–Trinajstić information content (AvgIpc) is 3.11. The van der Waals surface area contributed by atoms with Crippen LogP contribution in [0.4, 0.5) is 4.39 Å². The largest absolute Gasteiger partial charge is 0.411 e. The third-order valence-electron chi connectivity index (χ3n) is 3.40. The molecule has 128 valence electrons. The van der Waals surface area contributed by atoms with Crippen molar-refractivity contribution in [2.45, 2.75) is 11.6 Å². The molecule has 1 amide bonds. The third-order valence-corrected chi connectivity index (χ3v) is 4.22. The van der Waals surface area contributed by atoms with Gasteiger partial charge in [0, 0.05) is 12.1 Å². The highest BCUT2D eigenvalue weighted by Crippen LogP contribution is 2.22. The Morgan fingerprint density at radius 1 is 1.08 bits per heavy atom. The molecule has 0 aliphatic rings. The molecule has 3 aromatic rings. The predicted molar refractivity (Wildman–Crippen MR) is 93.6 cm³/mol. The fourth-order valence-electron chi connectivity index (χ4n) is 2.14. The number of aromatic nitrogens is 2. The zero-order chi connectivity index (χ0) is 17.5. The van der Waals surface area contributed by atoms with Crippen molar-refractivity contribution in [3.05, 3.63) is 66.0 Å². The third kappa shape index (κ3) is 5.15. The van der Waals surface area contributed by atoms with E-state index in [2.05, 4.69) is 15.5 Å². The Labute approximate surface area is 148 Å². The molecule has 1 aromatic heterocycles. The van der Waals surface area contributed by atoms with E-state index < -0.39 is 0 Å². The molecule has 1 N–H and O–H groups in total. The molecule has 0 saturated heterocycles. The van der Waals surface area contributed by atoms with Gasteiger partial charge in [0.1, 0.15) is 5.82 Å². The maximum absolute atomic E-state index is 12.8. The lowest BCUT2D eigenvalue weighted by molar-refractivity contribution is -0.118. The number of nitrogens with one attached hydrogen (secondary N) is 1. The minimum Gasteiger partial charge on any atom is -0.411 e. The highest BCUT2D eigenvalue weighted by atomic mass is 32.2. The van der Waals surface area contributed by atoms with Crippen LogP contribution in [-0.2, 0) is 11.2 Å². The minimum absolute atomic E-state index is 0.119. The van der Waals surface area contributed by atoms with Gasteiger partial charge in [-0.25, -0.2) is 4.39 Å². The standard InChI is InChI=1S/C18H16FN3O2S/c19-15-8-6-13(7-9-15)10-11-20-16(23)12-25-18-22-21-17(24-18)14-4-2-1-3-5-14/h1-9H,10-12H2,(H,20,23). The summed E-state index contributed by atoms with van der Waals surface area (Å²) in [6, 6.07) is 15.7. The van der Waals surface area contributed by atoms with E-state index in [9.17, 15) is 9.18 Å². The minimum atomic E-state index is -0.265. The normalized spacial score (nSPS) is 10.6. The molecule has 5 nitrogen and oxygen atoms in total. The summed E-state index contributed by atoms with van der Waals surface area (Å²) in [5, 5.41) is 11.1. The van der Waals surface area contributed by atoms with Gasteiger partial charge in [0.25, 0.3) is 5.22 Å². The van der Waals surface area contributed by atoms with Crippen LogP contribution in [-0.4, -0.2) is 28.4 Å². The summed E-state index contributed by atoms with van der Waals surface area (Å²) < 4.78 is 18.3. The van der Waals surface area contributed by atoms with Crippen LogP contribution in [0.2, 0.25) is 0 Å². The first-order chi connectivity index (χ1) is 12.2. The summed E-state index contributed by atoms with van der Waals surface area (Å²) in [6.45, 7) is 0.490. The lowest BCUT2D eigenvalue weighted by atomic mass is 10.1. The highest BCUT2D eigenvalue weighted by Gasteiger charge is 2.10. The number of hydrogen-bond acceptors (Lipinski definition) is 5. The van der Waals surface area contributed by atoms with Gasteiger partial charge in [0.2, 0.25) is 11.8 Å². The van der Waals surface area contributed by atoms with E-state index in [4.69, 9.17) is 4.42 Å². The Bertz CT molecular complexity index is 822. The molecule has 1 heterocycles. The maximum atomic E-state index is 12.8. The fraction of sp³-hybridized carbons (Fsp3) is 0.167. The Balaban J connectivity index is 1.42. The molecule has 0 aliphatic carbocycles. The van der Waals surface area contributed by atoms with Crippen molar-refractivity contribution in [3.63, 3.8) is 0 Å². The van der Waals surface area contributed by atoms with Gasteiger partial charge in [0.05, 0.1) is 5.75 Å². The second-order valence-corrected chi connectivity index (χ2v) is 6.18. The fourth-order valence-corrected chi connectivity index (χ4v) is 2.73. The van der Waals surface area contributed by atoms with Crippen LogP contribution < -0.4 is 5.32 Å². The molecule has 0 atom stereocenters. The molecule has 7 heteroatoms. The van der Waals surface area contributed by atoms with E-state index in [1.807, 2.05) is 30.3 Å². The van der Waals surface area contributed by atoms with Gasteiger partial charge in [-0.1, -0.05) is 42.1 Å². The smallest absolute Gasteiger partial charge is 0.277 e. The van der Waals surface area contributed by atoms with Gasteiger partial charge in [-0.2, -0.15) is 0 Å². The molecule has 0 bridgehead atoms. The summed E-state index contributed by atoms with van der Waals surface area (Å²) >= 11 is 1.19. The number of nitrogens with zero attached hydrogens (tertiary/aromatic N) is 2. The number of thioether (sulfide) groups is 1. The Morgan fingerprint density at radius 2 is 1.84 bits per heavy atom. The molecule has 0 aliphatic heterocycles. The summed E-state index contributed by atoms with van der Waals surface area (Å²) in [6.07, 6.45) is 0.648. The Hall–Kier alpha value is -2.67. The maximum Gasteiger partial charge on any atom is 0.277 e. The van der Waals surface area contributed by atoms with Crippen LogP contribution in [0.5, 0.6) is 0 Å². The topological polar surface area (TPSA) is 68.0 Å². The Kier molecular flexibility index (Phi) is 5.79. The molecule has 0 radical (unpaired) electrons. The van der Waals surface area contributed by atoms with Crippen LogP contribution in [0.25, 0.3) is 11.5 Å². The van der Waals surface area contributed by atoms with Gasteiger partial charge in [-0.05, 0) is 36.2 Å². The van der Waals surface area contributed by atoms with Gasteiger partial charge < -0.3 is 9.73 Å². The van der Waals surface area contributed by atoms with Gasteiger partial charge in [-0.3, -0.25) is 4.79 Å². The Morgan fingerprint density at radius 3 is 2.60 bits per heavy atom. The first kappa shape index (κ1) is 17.2. The van der Waals surface area contributed by atoms with Crippen molar-refractivity contribution in [2.24, 2.45) is 0 Å². The van der Waals surface area contributed by atoms with Crippen LogP contribution in [0.1, 0.15) is 5.56 Å². The number of carbonyl (C=O) groups is 1. The van der Waals surface area contributed by atoms with Gasteiger partial charge in [-0.15, -0.1) is 10.2 Å². The zero-order valence-electron chi connectivity index (χ0n) is 13.3. The van der Waals surface area contributed by atoms with Crippen LogP contribution in [0.3, 0.4) is 0 Å². The summed E-state index contributed by atoms with van der Waals surface area (Å²) in [4.78, 5) is 11.9. The molecule has 0 saturated carbocycles. The van der Waals surface area contributed by atoms with Crippen LogP contribution in [0, 0.1) is 5.82 Å². The molecule has 2 aromatic carbocycles. The number of rotatable bonds is 7. The van der Waals surface area contributed by atoms with E-state index in [0.29, 0.717) is 24.1 Å². The van der Waals surface area contributed by atoms with Crippen molar-refractivity contribution >= 4 is 17.7 Å². The summed E-state index contributed by atoms with van der Waals surface area (Å²) in [7, 11) is 0. The van der Waals surface area contributed by atoms with E-state index in [1.165, 1.54) is 23.9 Å². The van der Waals surface area contributed by atoms with Crippen molar-refractivity contribution < 1.29 is 13.6 Å². The van der Waals surface area contributed by atoms with Crippen molar-refractivity contribution in [3.8, 4) is 11.5 Å². The first-order valence-corrected chi connectivity index (χ1v) is 8.72. The average molecular weight is 357 g/mol. The molecule has 25 heavy (non-hydrogen) atoms. The number of benzene rings is 2. The molecular weight excluding hydrogens is 341 g/mol. The molecule has 0 spiro atoms.